The molecule has 2 aromatic rings. The fourth-order valence-corrected chi connectivity index (χ4v) is 3.08. The number of carbonyl (C=O) groups excluding carboxylic acids is 2. The number of pyridine rings is 1. The number of carbonyl (C=O) groups is 2. The normalized spacial score (nSPS) is 11.6. The molecule has 7 heteroatoms. The van der Waals surface area contributed by atoms with Gasteiger partial charge in [-0.1, -0.05) is 49.7 Å². The molecule has 0 fully saturated rings. The van der Waals surface area contributed by atoms with Crippen LogP contribution in [0.15, 0.2) is 36.5 Å². The van der Waals surface area contributed by atoms with Crippen molar-refractivity contribution in [2.45, 2.75) is 33.2 Å². The van der Waals surface area contributed by atoms with Crippen LogP contribution in [0.1, 0.15) is 36.2 Å². The van der Waals surface area contributed by atoms with Crippen molar-refractivity contribution >= 4 is 23.4 Å². The Balaban J connectivity index is 2.25. The number of hydrogen-bond acceptors (Lipinski definition) is 4. The minimum Gasteiger partial charge on any atom is -0.340 e. The Morgan fingerprint density at radius 2 is 2.00 bits per heavy atom. The fraction of sp³-hybridized carbons (Fsp3) is 0.333. The highest BCUT2D eigenvalue weighted by atomic mass is 35.5. The average Bonchev–Trinajstić information content (AvgIpc) is 2.66. The maximum Gasteiger partial charge on any atom is 0.257 e. The van der Waals surface area contributed by atoms with Crippen molar-refractivity contribution in [3.8, 4) is 17.5 Å². The summed E-state index contributed by atoms with van der Waals surface area (Å²) in [6, 6.07) is 8.44. The van der Waals surface area contributed by atoms with E-state index in [4.69, 9.17) is 16.9 Å². The van der Waals surface area contributed by atoms with Crippen LogP contribution in [0.5, 0.6) is 0 Å². The van der Waals surface area contributed by atoms with Crippen molar-refractivity contribution in [3.63, 3.8) is 0 Å². The lowest BCUT2D eigenvalue weighted by Crippen LogP contribution is -2.46. The van der Waals surface area contributed by atoms with Gasteiger partial charge >= 0.3 is 0 Å². The topological polar surface area (TPSA) is 86.1 Å². The first-order valence-electron chi connectivity index (χ1n) is 8.94. The maximum atomic E-state index is 12.7. The third-order valence-electron chi connectivity index (χ3n) is 4.29. The summed E-state index contributed by atoms with van der Waals surface area (Å²) >= 11 is 6.38. The molecule has 1 aromatic heterocycles. The van der Waals surface area contributed by atoms with Crippen LogP contribution in [-0.2, 0) is 4.79 Å². The standard InChI is InChI=1S/C21H23ClN4O2/c1-13(2)9-18(21(28)26(4)12-23)25-20(27)15-10-17(22)19(24-11-15)16-8-6-5-7-14(16)3/h5-8,10-11,13,18H,9H2,1-4H3,(H,25,27)/t18-/m0/s1. The van der Waals surface area contributed by atoms with Crippen molar-refractivity contribution in [1.29, 1.82) is 5.26 Å². The molecule has 2 rings (SSSR count). The molecule has 0 saturated carbocycles. The average molecular weight is 399 g/mol. The minimum atomic E-state index is -0.799. The van der Waals surface area contributed by atoms with Gasteiger partial charge in [-0.3, -0.25) is 19.5 Å². The first-order chi connectivity index (χ1) is 13.2. The lowest BCUT2D eigenvalue weighted by atomic mass is 10.0. The van der Waals surface area contributed by atoms with E-state index in [0.717, 1.165) is 16.0 Å². The van der Waals surface area contributed by atoms with Gasteiger partial charge in [-0.25, -0.2) is 0 Å². The quantitative estimate of drug-likeness (QED) is 0.592. The van der Waals surface area contributed by atoms with Gasteiger partial charge in [0.2, 0.25) is 0 Å². The van der Waals surface area contributed by atoms with Crippen LogP contribution in [0.4, 0.5) is 0 Å². The van der Waals surface area contributed by atoms with E-state index >= 15 is 0 Å². The summed E-state index contributed by atoms with van der Waals surface area (Å²) < 4.78 is 0. The second-order valence-electron chi connectivity index (χ2n) is 7.02. The van der Waals surface area contributed by atoms with Gasteiger partial charge in [0, 0.05) is 18.8 Å². The zero-order valence-corrected chi connectivity index (χ0v) is 17.1. The second kappa shape index (κ2) is 9.34. The number of rotatable bonds is 6. The molecule has 1 heterocycles. The molecule has 1 aromatic carbocycles. The van der Waals surface area contributed by atoms with E-state index in [1.165, 1.54) is 19.3 Å². The van der Waals surface area contributed by atoms with Gasteiger partial charge in [-0.2, -0.15) is 5.26 Å². The van der Waals surface area contributed by atoms with Crippen molar-refractivity contribution in [2.75, 3.05) is 7.05 Å². The molecular formula is C21H23ClN4O2. The van der Waals surface area contributed by atoms with E-state index in [0.29, 0.717) is 17.1 Å². The predicted octanol–water partition coefficient (Wildman–Crippen LogP) is 3.79. The van der Waals surface area contributed by atoms with Gasteiger partial charge in [0.15, 0.2) is 6.19 Å². The van der Waals surface area contributed by atoms with Crippen LogP contribution in [-0.4, -0.2) is 34.8 Å². The highest BCUT2D eigenvalue weighted by Crippen LogP contribution is 2.28. The summed E-state index contributed by atoms with van der Waals surface area (Å²) in [5.41, 5.74) is 2.76. The molecule has 0 saturated heterocycles. The molecule has 1 atom stereocenters. The number of halogens is 1. The highest BCUT2D eigenvalue weighted by Gasteiger charge is 2.26. The largest absolute Gasteiger partial charge is 0.340 e. The lowest BCUT2D eigenvalue weighted by molar-refractivity contribution is -0.129. The Morgan fingerprint density at radius 3 is 2.57 bits per heavy atom. The van der Waals surface area contributed by atoms with Gasteiger partial charge in [0.05, 0.1) is 16.3 Å². The summed E-state index contributed by atoms with van der Waals surface area (Å²) in [4.78, 5) is 30.3. The van der Waals surface area contributed by atoms with Crippen LogP contribution in [0, 0.1) is 24.3 Å². The van der Waals surface area contributed by atoms with Gasteiger partial charge in [-0.15, -0.1) is 0 Å². The Bertz CT molecular complexity index is 921. The van der Waals surface area contributed by atoms with Crippen LogP contribution in [0.2, 0.25) is 5.02 Å². The Hall–Kier alpha value is -2.91. The molecule has 146 valence electrons. The summed E-state index contributed by atoms with van der Waals surface area (Å²) in [5, 5.41) is 12.0. The molecule has 0 bridgehead atoms. The van der Waals surface area contributed by atoms with E-state index in [9.17, 15) is 9.59 Å². The molecule has 0 unspecified atom stereocenters. The summed E-state index contributed by atoms with van der Waals surface area (Å²) in [6.45, 7) is 5.84. The summed E-state index contributed by atoms with van der Waals surface area (Å²) in [6.07, 6.45) is 3.62. The predicted molar refractivity (Wildman–Crippen MR) is 109 cm³/mol. The summed E-state index contributed by atoms with van der Waals surface area (Å²) in [7, 11) is 1.37. The number of nitrogens with one attached hydrogen (secondary N) is 1. The van der Waals surface area contributed by atoms with E-state index in [2.05, 4.69) is 10.3 Å². The molecule has 0 spiro atoms. The van der Waals surface area contributed by atoms with Gasteiger partial charge in [-0.05, 0) is 30.9 Å². The highest BCUT2D eigenvalue weighted by molar-refractivity contribution is 6.33. The molecule has 1 N–H and O–H groups in total. The first-order valence-corrected chi connectivity index (χ1v) is 9.32. The Kier molecular flexibility index (Phi) is 7.13. The van der Waals surface area contributed by atoms with E-state index in [1.807, 2.05) is 45.0 Å². The maximum absolute atomic E-state index is 12.7. The summed E-state index contributed by atoms with van der Waals surface area (Å²) in [5.74, 6) is -0.761. The van der Waals surface area contributed by atoms with Crippen LogP contribution < -0.4 is 5.32 Å². The van der Waals surface area contributed by atoms with Crippen molar-refractivity contribution in [2.24, 2.45) is 5.92 Å². The molecule has 6 nitrogen and oxygen atoms in total. The number of aromatic nitrogens is 1. The Labute approximate surface area is 170 Å². The van der Waals surface area contributed by atoms with Gasteiger partial charge < -0.3 is 5.32 Å². The number of hydrogen-bond donors (Lipinski definition) is 1. The van der Waals surface area contributed by atoms with Crippen molar-refractivity contribution in [3.05, 3.63) is 52.7 Å². The van der Waals surface area contributed by atoms with E-state index in [-0.39, 0.29) is 11.5 Å². The number of amides is 2. The zero-order chi connectivity index (χ0) is 20.8. The van der Waals surface area contributed by atoms with Crippen molar-refractivity contribution in [1.82, 2.24) is 15.2 Å². The zero-order valence-electron chi connectivity index (χ0n) is 16.4. The van der Waals surface area contributed by atoms with E-state index < -0.39 is 17.9 Å². The number of aryl methyl sites for hydroxylation is 1. The number of nitrogens with zero attached hydrogens (tertiary/aromatic N) is 3. The molecule has 2 amide bonds. The van der Waals surface area contributed by atoms with E-state index in [1.54, 1.807) is 6.19 Å². The SMILES string of the molecule is Cc1ccccc1-c1ncc(C(=O)N[C@@H](CC(C)C)C(=O)N(C)C#N)cc1Cl. The first kappa shape index (κ1) is 21.4. The number of likely N-dealkylation sites (N-methyl/N-ethyl adjacent to an activating group) is 1. The second-order valence-corrected chi connectivity index (χ2v) is 7.43. The smallest absolute Gasteiger partial charge is 0.257 e. The van der Waals surface area contributed by atoms with Gasteiger partial charge in [0.25, 0.3) is 11.8 Å². The third-order valence-corrected chi connectivity index (χ3v) is 4.58. The molecule has 28 heavy (non-hydrogen) atoms. The van der Waals surface area contributed by atoms with Crippen LogP contribution in [0.25, 0.3) is 11.3 Å². The number of benzene rings is 1. The van der Waals surface area contributed by atoms with Crippen molar-refractivity contribution < 1.29 is 9.59 Å². The third kappa shape index (κ3) is 5.08. The molecule has 0 radical (unpaired) electrons. The molecular weight excluding hydrogens is 376 g/mol. The van der Waals surface area contributed by atoms with Crippen LogP contribution >= 0.6 is 11.6 Å². The lowest BCUT2D eigenvalue weighted by Gasteiger charge is -2.21. The molecule has 0 aliphatic carbocycles. The number of nitriles is 1. The van der Waals surface area contributed by atoms with Gasteiger partial charge in [0.1, 0.15) is 6.04 Å². The Morgan fingerprint density at radius 1 is 1.32 bits per heavy atom. The fourth-order valence-electron chi connectivity index (χ4n) is 2.82. The molecule has 0 aliphatic rings. The van der Waals surface area contributed by atoms with Crippen LogP contribution in [0.3, 0.4) is 0 Å². The monoisotopic (exact) mass is 398 g/mol. The molecule has 0 aliphatic heterocycles. The minimum absolute atomic E-state index is 0.159.